The molecule has 1 heterocycles. The zero-order valence-corrected chi connectivity index (χ0v) is 8.94. The first-order valence-electron chi connectivity index (χ1n) is 3.37. The molecule has 0 spiro atoms. The van der Waals surface area contributed by atoms with Crippen molar-refractivity contribution in [2.24, 2.45) is 0 Å². The summed E-state index contributed by atoms with van der Waals surface area (Å²) in [7, 11) is 0. The van der Waals surface area contributed by atoms with Crippen molar-refractivity contribution in [1.82, 2.24) is 4.98 Å². The van der Waals surface area contributed by atoms with Crippen molar-refractivity contribution in [2.75, 3.05) is 5.73 Å². The lowest BCUT2D eigenvalue weighted by Gasteiger charge is -2.08. The summed E-state index contributed by atoms with van der Waals surface area (Å²) in [6.07, 6.45) is -1.98. The Morgan fingerprint density at radius 1 is 1.64 bits per heavy atom. The fraction of sp³-hybridized carbons (Fsp3) is 0.143. The molecular formula is C7H4BrClF2N2O. The van der Waals surface area contributed by atoms with Gasteiger partial charge in [0.05, 0.1) is 16.8 Å². The molecule has 7 heteroatoms. The van der Waals surface area contributed by atoms with E-state index in [0.717, 1.165) is 6.20 Å². The number of rotatable bonds is 2. The van der Waals surface area contributed by atoms with Crippen molar-refractivity contribution in [2.45, 2.75) is 6.43 Å². The predicted molar refractivity (Wildman–Crippen MR) is 51.5 cm³/mol. The summed E-state index contributed by atoms with van der Waals surface area (Å²) in [6, 6.07) is 0. The standard InChI is InChI=1S/C7H4BrClF2N2O/c8-5-4(12)3(6(9)14)2(1-13-5)7(10)11/h1,7H,12H2. The highest BCUT2D eigenvalue weighted by molar-refractivity contribution is 9.10. The Hall–Kier alpha value is -0.750. The van der Waals surface area contributed by atoms with Crippen LogP contribution >= 0.6 is 27.5 Å². The van der Waals surface area contributed by atoms with Crippen LogP contribution in [-0.4, -0.2) is 10.2 Å². The Balaban J connectivity index is 3.45. The van der Waals surface area contributed by atoms with Crippen LogP contribution in [0.3, 0.4) is 0 Å². The molecule has 0 bridgehead atoms. The molecule has 0 aromatic carbocycles. The quantitative estimate of drug-likeness (QED) is 0.671. The Morgan fingerprint density at radius 3 is 2.64 bits per heavy atom. The van der Waals surface area contributed by atoms with E-state index in [9.17, 15) is 13.6 Å². The molecule has 0 unspecified atom stereocenters. The van der Waals surface area contributed by atoms with E-state index >= 15 is 0 Å². The number of carbonyl (C=O) groups excluding carboxylic acids is 1. The molecule has 0 atom stereocenters. The van der Waals surface area contributed by atoms with Crippen LogP contribution in [0.1, 0.15) is 22.3 Å². The minimum Gasteiger partial charge on any atom is -0.396 e. The lowest BCUT2D eigenvalue weighted by Crippen LogP contribution is -2.06. The van der Waals surface area contributed by atoms with Crippen molar-refractivity contribution in [1.29, 1.82) is 0 Å². The van der Waals surface area contributed by atoms with Crippen LogP contribution in [-0.2, 0) is 0 Å². The van der Waals surface area contributed by atoms with E-state index in [2.05, 4.69) is 20.9 Å². The van der Waals surface area contributed by atoms with Gasteiger partial charge in [0.2, 0.25) is 0 Å². The summed E-state index contributed by atoms with van der Waals surface area (Å²) >= 11 is 8.03. The molecule has 14 heavy (non-hydrogen) atoms. The van der Waals surface area contributed by atoms with Crippen LogP contribution in [0.5, 0.6) is 0 Å². The molecule has 3 nitrogen and oxygen atoms in total. The zero-order chi connectivity index (χ0) is 10.9. The first-order chi connectivity index (χ1) is 6.45. The second kappa shape index (κ2) is 4.18. The maximum atomic E-state index is 12.4. The summed E-state index contributed by atoms with van der Waals surface area (Å²) in [5.74, 6) is 0. The summed E-state index contributed by atoms with van der Waals surface area (Å²) < 4.78 is 24.9. The first kappa shape index (κ1) is 11.3. The third kappa shape index (κ3) is 2.01. The monoisotopic (exact) mass is 284 g/mol. The van der Waals surface area contributed by atoms with Crippen molar-refractivity contribution in [3.63, 3.8) is 0 Å². The molecule has 0 saturated carbocycles. The Morgan fingerprint density at radius 2 is 2.21 bits per heavy atom. The number of anilines is 1. The second-order valence-corrected chi connectivity index (χ2v) is 3.46. The number of nitrogens with zero attached hydrogens (tertiary/aromatic N) is 1. The van der Waals surface area contributed by atoms with Gasteiger partial charge in [-0.2, -0.15) is 0 Å². The molecule has 1 aromatic heterocycles. The highest BCUT2D eigenvalue weighted by Crippen LogP contribution is 2.31. The number of nitrogens with two attached hydrogens (primary N) is 1. The minimum absolute atomic E-state index is 0.117. The number of halogens is 4. The van der Waals surface area contributed by atoms with Crippen LogP contribution in [0.25, 0.3) is 0 Å². The number of hydrogen-bond acceptors (Lipinski definition) is 3. The molecule has 0 saturated heterocycles. The average molecular weight is 285 g/mol. The zero-order valence-electron chi connectivity index (χ0n) is 6.60. The lowest BCUT2D eigenvalue weighted by atomic mass is 10.1. The predicted octanol–water partition coefficient (Wildman–Crippen LogP) is 2.74. The van der Waals surface area contributed by atoms with Gasteiger partial charge in [-0.25, -0.2) is 13.8 Å². The first-order valence-corrected chi connectivity index (χ1v) is 4.54. The molecule has 0 aliphatic rings. The van der Waals surface area contributed by atoms with Gasteiger partial charge in [0.15, 0.2) is 0 Å². The number of carbonyl (C=O) groups is 1. The molecule has 1 rings (SSSR count). The van der Waals surface area contributed by atoms with Gasteiger partial charge in [-0.3, -0.25) is 4.79 Å². The van der Waals surface area contributed by atoms with E-state index in [4.69, 9.17) is 17.3 Å². The maximum absolute atomic E-state index is 12.4. The fourth-order valence-electron chi connectivity index (χ4n) is 0.904. The SMILES string of the molecule is Nc1c(Br)ncc(C(F)F)c1C(=O)Cl. The summed E-state index contributed by atoms with van der Waals surface area (Å²) in [5.41, 5.74) is 4.23. The number of pyridine rings is 1. The highest BCUT2D eigenvalue weighted by Gasteiger charge is 2.22. The summed E-state index contributed by atoms with van der Waals surface area (Å²) in [5, 5.41) is -1.03. The van der Waals surface area contributed by atoms with Gasteiger partial charge in [0.25, 0.3) is 11.7 Å². The highest BCUT2D eigenvalue weighted by atomic mass is 79.9. The molecule has 0 aliphatic carbocycles. The molecule has 76 valence electrons. The van der Waals surface area contributed by atoms with Gasteiger partial charge in [0.1, 0.15) is 4.60 Å². The van der Waals surface area contributed by atoms with Gasteiger partial charge in [-0.1, -0.05) is 0 Å². The summed E-state index contributed by atoms with van der Waals surface area (Å²) in [6.45, 7) is 0. The van der Waals surface area contributed by atoms with E-state index < -0.39 is 22.8 Å². The van der Waals surface area contributed by atoms with Crippen LogP contribution in [0.4, 0.5) is 14.5 Å². The number of alkyl halides is 2. The molecule has 0 fully saturated rings. The van der Waals surface area contributed by atoms with Crippen molar-refractivity contribution < 1.29 is 13.6 Å². The van der Waals surface area contributed by atoms with Gasteiger partial charge in [-0.05, 0) is 27.5 Å². The van der Waals surface area contributed by atoms with Crippen LogP contribution in [0.2, 0.25) is 0 Å². The molecule has 0 aliphatic heterocycles. The second-order valence-electron chi connectivity index (χ2n) is 2.37. The topological polar surface area (TPSA) is 56.0 Å². The van der Waals surface area contributed by atoms with E-state index in [1.165, 1.54) is 0 Å². The summed E-state index contributed by atoms with van der Waals surface area (Å²) in [4.78, 5) is 14.4. The van der Waals surface area contributed by atoms with E-state index in [1.54, 1.807) is 0 Å². The third-order valence-electron chi connectivity index (χ3n) is 1.53. The van der Waals surface area contributed by atoms with Crippen molar-refractivity contribution >= 4 is 38.5 Å². The molecule has 2 N–H and O–H groups in total. The minimum atomic E-state index is -2.84. The molecule has 0 amide bonds. The fourth-order valence-corrected chi connectivity index (χ4v) is 1.42. The number of hydrogen-bond donors (Lipinski definition) is 1. The normalized spacial score (nSPS) is 10.6. The molecule has 0 radical (unpaired) electrons. The smallest absolute Gasteiger partial charge is 0.266 e. The average Bonchev–Trinajstić information content (AvgIpc) is 2.08. The number of nitrogen functional groups attached to an aromatic ring is 1. The van der Waals surface area contributed by atoms with Gasteiger partial charge < -0.3 is 5.73 Å². The lowest BCUT2D eigenvalue weighted by molar-refractivity contribution is 0.106. The van der Waals surface area contributed by atoms with Crippen LogP contribution in [0, 0.1) is 0 Å². The molecular weight excluding hydrogens is 281 g/mol. The van der Waals surface area contributed by atoms with E-state index in [0.29, 0.717) is 0 Å². The number of aromatic nitrogens is 1. The maximum Gasteiger partial charge on any atom is 0.266 e. The van der Waals surface area contributed by atoms with Gasteiger partial charge >= 0.3 is 0 Å². The van der Waals surface area contributed by atoms with Gasteiger partial charge in [0, 0.05) is 6.20 Å². The van der Waals surface area contributed by atoms with E-state index in [1.807, 2.05) is 0 Å². The van der Waals surface area contributed by atoms with Crippen molar-refractivity contribution in [3.05, 3.63) is 21.9 Å². The Labute approximate surface area is 91.4 Å². The van der Waals surface area contributed by atoms with Gasteiger partial charge in [-0.15, -0.1) is 0 Å². The Kier molecular flexibility index (Phi) is 3.38. The largest absolute Gasteiger partial charge is 0.396 e. The van der Waals surface area contributed by atoms with Crippen molar-refractivity contribution in [3.8, 4) is 0 Å². The third-order valence-corrected chi connectivity index (χ3v) is 2.35. The molecule has 1 aromatic rings. The Bertz CT molecular complexity index is 386. The van der Waals surface area contributed by atoms with E-state index in [-0.39, 0.29) is 10.3 Å². The van der Waals surface area contributed by atoms with Crippen LogP contribution < -0.4 is 5.73 Å². The van der Waals surface area contributed by atoms with Crippen LogP contribution in [0.15, 0.2) is 10.8 Å².